The van der Waals surface area contributed by atoms with Crippen molar-refractivity contribution in [2.45, 2.75) is 81.2 Å². The maximum Gasteiger partial charge on any atom is 0.302 e. The van der Waals surface area contributed by atoms with E-state index in [9.17, 15) is 4.79 Å². The maximum atomic E-state index is 11.1. The van der Waals surface area contributed by atoms with E-state index in [2.05, 4.69) is 22.6 Å². The van der Waals surface area contributed by atoms with E-state index in [4.69, 9.17) is 4.74 Å². The number of alkyl halides is 1. The van der Waals surface area contributed by atoms with Gasteiger partial charge >= 0.3 is 5.97 Å². The van der Waals surface area contributed by atoms with Crippen LogP contribution in [-0.4, -0.2) is 16.0 Å². The second-order valence-electron chi connectivity index (χ2n) is 5.07. The molecule has 0 N–H and O–H groups in total. The monoisotopic (exact) mass is 352 g/mol. The quantitative estimate of drug-likeness (QED) is 0.391. The zero-order valence-corrected chi connectivity index (χ0v) is 13.1. The number of hydrogen-bond donors (Lipinski definition) is 0. The fourth-order valence-corrected chi connectivity index (χ4v) is 3.40. The van der Waals surface area contributed by atoms with Crippen molar-refractivity contribution in [3.63, 3.8) is 0 Å². The lowest BCUT2D eigenvalue weighted by molar-refractivity contribution is -0.146. The van der Waals surface area contributed by atoms with Gasteiger partial charge in [-0.1, -0.05) is 67.5 Å². The molecule has 3 heteroatoms. The predicted molar refractivity (Wildman–Crippen MR) is 79.5 cm³/mol. The van der Waals surface area contributed by atoms with Crippen molar-refractivity contribution < 1.29 is 9.53 Å². The number of carbonyl (C=O) groups is 1. The summed E-state index contributed by atoms with van der Waals surface area (Å²) in [6.07, 6.45) is 13.0. The Labute approximate surface area is 119 Å². The van der Waals surface area contributed by atoms with E-state index in [1.165, 1.54) is 64.7 Å². The maximum absolute atomic E-state index is 11.1. The van der Waals surface area contributed by atoms with Crippen molar-refractivity contribution in [3.8, 4) is 0 Å². The second-order valence-corrected chi connectivity index (χ2v) is 6.67. The van der Waals surface area contributed by atoms with E-state index < -0.39 is 0 Å². The molecule has 0 spiro atoms. The lowest BCUT2D eigenvalue weighted by atomic mass is 9.99. The molecule has 2 atom stereocenters. The molecular formula is C14H25IO2. The first-order chi connectivity index (χ1) is 8.20. The van der Waals surface area contributed by atoms with Crippen molar-refractivity contribution in [1.29, 1.82) is 0 Å². The third-order valence-electron chi connectivity index (χ3n) is 3.44. The van der Waals surface area contributed by atoms with Gasteiger partial charge in [0, 0.05) is 10.8 Å². The third kappa shape index (κ3) is 7.27. The number of rotatable bonds is 1. The average molecular weight is 352 g/mol. The molecule has 1 rings (SSSR count). The van der Waals surface area contributed by atoms with Gasteiger partial charge in [0.15, 0.2) is 0 Å². The van der Waals surface area contributed by atoms with Crippen molar-refractivity contribution in [2.75, 3.05) is 0 Å². The first kappa shape index (κ1) is 15.3. The van der Waals surface area contributed by atoms with Crippen LogP contribution in [0.15, 0.2) is 0 Å². The predicted octanol–water partition coefficient (Wildman–Crippen LogP) is 4.64. The summed E-state index contributed by atoms with van der Waals surface area (Å²) < 4.78 is 5.96. The van der Waals surface area contributed by atoms with E-state index in [1.807, 2.05) is 0 Å². The van der Waals surface area contributed by atoms with Gasteiger partial charge in [-0.15, -0.1) is 0 Å². The largest absolute Gasteiger partial charge is 0.461 e. The zero-order chi connectivity index (χ0) is 12.5. The van der Waals surface area contributed by atoms with Gasteiger partial charge < -0.3 is 4.74 Å². The van der Waals surface area contributed by atoms with Crippen LogP contribution in [0.4, 0.5) is 0 Å². The molecule has 0 aliphatic heterocycles. The van der Waals surface area contributed by atoms with Crippen molar-refractivity contribution >= 4 is 28.6 Å². The van der Waals surface area contributed by atoms with Crippen LogP contribution in [0.1, 0.15) is 71.1 Å². The summed E-state index contributed by atoms with van der Waals surface area (Å²) >= 11 is 2.47. The lowest BCUT2D eigenvalue weighted by Gasteiger charge is -2.23. The minimum absolute atomic E-state index is 0.122. The van der Waals surface area contributed by atoms with Crippen LogP contribution in [0.5, 0.6) is 0 Å². The molecule has 0 aromatic rings. The van der Waals surface area contributed by atoms with Gasteiger partial charge in [0.25, 0.3) is 0 Å². The Bertz CT molecular complexity index is 218. The van der Waals surface area contributed by atoms with E-state index in [0.717, 1.165) is 6.42 Å². The summed E-state index contributed by atoms with van der Waals surface area (Å²) in [5, 5.41) is 0. The fraction of sp³-hybridized carbons (Fsp3) is 0.929. The molecule has 1 unspecified atom stereocenters. The van der Waals surface area contributed by atoms with E-state index in [-0.39, 0.29) is 12.1 Å². The number of hydrogen-bond acceptors (Lipinski definition) is 2. The average Bonchev–Trinajstić information content (AvgIpc) is 2.27. The fourth-order valence-electron chi connectivity index (χ4n) is 2.46. The highest BCUT2D eigenvalue weighted by molar-refractivity contribution is 14.1. The van der Waals surface area contributed by atoms with Gasteiger partial charge in [0.05, 0.1) is 0 Å². The standard InChI is InChI=1S/C14H25IO2/c1-12(16)17-14-11-9-7-5-3-2-4-6-8-10-13(14)15/h13-14H,2-11H2,1H3/t13-,14?/m1/s1. The number of carbonyl (C=O) groups excluding carboxylic acids is 1. The Balaban J connectivity index is 2.41. The highest BCUT2D eigenvalue weighted by Crippen LogP contribution is 2.24. The summed E-state index contributed by atoms with van der Waals surface area (Å²) in [5.41, 5.74) is 0. The van der Waals surface area contributed by atoms with Crippen LogP contribution < -0.4 is 0 Å². The molecule has 1 fully saturated rings. The second kappa shape index (κ2) is 9.17. The molecule has 0 bridgehead atoms. The van der Waals surface area contributed by atoms with Gasteiger partial charge in [-0.25, -0.2) is 0 Å². The molecule has 0 aromatic carbocycles. The topological polar surface area (TPSA) is 26.3 Å². The highest BCUT2D eigenvalue weighted by atomic mass is 127. The van der Waals surface area contributed by atoms with Gasteiger partial charge in [-0.3, -0.25) is 4.79 Å². The van der Waals surface area contributed by atoms with Crippen LogP contribution in [-0.2, 0) is 9.53 Å². The van der Waals surface area contributed by atoms with Gasteiger partial charge in [0.2, 0.25) is 0 Å². The number of ether oxygens (including phenoxy) is 1. The van der Waals surface area contributed by atoms with Crippen molar-refractivity contribution in [2.24, 2.45) is 0 Å². The zero-order valence-electron chi connectivity index (χ0n) is 10.9. The summed E-state index contributed by atoms with van der Waals surface area (Å²) in [4.78, 5) is 11.1. The molecule has 1 saturated carbocycles. The van der Waals surface area contributed by atoms with Crippen LogP contribution in [0.25, 0.3) is 0 Å². The van der Waals surface area contributed by atoms with E-state index in [0.29, 0.717) is 3.92 Å². The first-order valence-corrected chi connectivity index (χ1v) is 8.26. The molecule has 0 aromatic heterocycles. The number of esters is 1. The third-order valence-corrected chi connectivity index (χ3v) is 4.86. The van der Waals surface area contributed by atoms with Gasteiger partial charge in [0.1, 0.15) is 6.10 Å². The summed E-state index contributed by atoms with van der Waals surface area (Å²) in [7, 11) is 0. The van der Waals surface area contributed by atoms with Crippen LogP contribution in [0.3, 0.4) is 0 Å². The highest BCUT2D eigenvalue weighted by Gasteiger charge is 2.21. The van der Waals surface area contributed by atoms with E-state index in [1.54, 1.807) is 0 Å². The van der Waals surface area contributed by atoms with Gasteiger partial charge in [-0.2, -0.15) is 0 Å². The minimum Gasteiger partial charge on any atom is -0.461 e. The molecule has 1 aliphatic rings. The molecule has 0 heterocycles. The molecule has 17 heavy (non-hydrogen) atoms. The summed E-state index contributed by atoms with van der Waals surface area (Å²) in [6.45, 7) is 1.53. The molecule has 0 amide bonds. The Morgan fingerprint density at radius 3 is 1.94 bits per heavy atom. The molecule has 0 radical (unpaired) electrons. The Kier molecular flexibility index (Phi) is 8.23. The number of halogens is 1. The molecule has 2 nitrogen and oxygen atoms in total. The summed E-state index contributed by atoms with van der Waals surface area (Å²) in [5.74, 6) is -0.122. The van der Waals surface area contributed by atoms with Crippen molar-refractivity contribution in [3.05, 3.63) is 0 Å². The molecule has 100 valence electrons. The smallest absolute Gasteiger partial charge is 0.302 e. The van der Waals surface area contributed by atoms with Crippen molar-refractivity contribution in [1.82, 2.24) is 0 Å². The van der Waals surface area contributed by atoms with E-state index >= 15 is 0 Å². The van der Waals surface area contributed by atoms with Gasteiger partial charge in [-0.05, 0) is 19.3 Å². The molecule has 0 saturated heterocycles. The van der Waals surface area contributed by atoms with Crippen LogP contribution >= 0.6 is 22.6 Å². The molecule has 1 aliphatic carbocycles. The van der Waals surface area contributed by atoms with Crippen LogP contribution in [0, 0.1) is 0 Å². The Morgan fingerprint density at radius 2 is 1.41 bits per heavy atom. The minimum atomic E-state index is -0.122. The van der Waals surface area contributed by atoms with Crippen LogP contribution in [0.2, 0.25) is 0 Å². The summed E-state index contributed by atoms with van der Waals surface area (Å²) in [6, 6.07) is 0. The Hall–Kier alpha value is 0.200. The SMILES string of the molecule is CC(=O)OC1CCCCCCCCCC[C@H]1I. The first-order valence-electron chi connectivity index (χ1n) is 7.01. The molecular weight excluding hydrogens is 327 g/mol. The lowest BCUT2D eigenvalue weighted by Crippen LogP contribution is -2.26. The Morgan fingerprint density at radius 1 is 0.941 bits per heavy atom. The normalized spacial score (nSPS) is 28.8.